The van der Waals surface area contributed by atoms with Gasteiger partial charge in [0, 0.05) is 12.1 Å². The van der Waals surface area contributed by atoms with Gasteiger partial charge in [0.15, 0.2) is 5.82 Å². The molecule has 2 aromatic carbocycles. The monoisotopic (exact) mass is 276 g/mol. The van der Waals surface area contributed by atoms with Crippen LogP contribution in [0, 0.1) is 0 Å². The highest BCUT2D eigenvalue weighted by Gasteiger charge is 2.22. The van der Waals surface area contributed by atoms with Crippen molar-refractivity contribution in [1.29, 1.82) is 0 Å². The summed E-state index contributed by atoms with van der Waals surface area (Å²) < 4.78 is 0. The van der Waals surface area contributed by atoms with Gasteiger partial charge >= 0.3 is 0 Å². The topological polar surface area (TPSA) is 53.6 Å². The highest BCUT2D eigenvalue weighted by atomic mass is 15.2. The lowest BCUT2D eigenvalue weighted by Gasteiger charge is -2.24. The predicted octanol–water partition coefficient (Wildman–Crippen LogP) is 2.86. The molecule has 4 nitrogen and oxygen atoms in total. The Balaban J connectivity index is 1.60. The van der Waals surface area contributed by atoms with E-state index >= 15 is 0 Å². The van der Waals surface area contributed by atoms with Crippen LogP contribution >= 0.6 is 0 Å². The minimum atomic E-state index is 0.199. The van der Waals surface area contributed by atoms with Gasteiger partial charge in [0.1, 0.15) is 5.82 Å². The molecule has 2 heterocycles. The number of aromatic nitrogens is 3. The average molecular weight is 276 g/mol. The van der Waals surface area contributed by atoms with Crippen LogP contribution in [0.4, 0.5) is 0 Å². The van der Waals surface area contributed by atoms with Gasteiger partial charge < -0.3 is 5.32 Å². The van der Waals surface area contributed by atoms with Crippen molar-refractivity contribution in [2.45, 2.75) is 19.0 Å². The van der Waals surface area contributed by atoms with Gasteiger partial charge in [0.05, 0.1) is 6.04 Å². The molecule has 0 saturated carbocycles. The molecule has 0 aliphatic carbocycles. The van der Waals surface area contributed by atoms with Crippen LogP contribution in [0.25, 0.3) is 11.4 Å². The van der Waals surface area contributed by atoms with E-state index in [0.717, 1.165) is 30.2 Å². The van der Waals surface area contributed by atoms with E-state index in [-0.39, 0.29) is 6.04 Å². The van der Waals surface area contributed by atoms with E-state index in [4.69, 9.17) is 0 Å². The lowest BCUT2D eigenvalue weighted by Crippen LogP contribution is -2.29. The highest BCUT2D eigenvalue weighted by Crippen LogP contribution is 2.25. The maximum absolute atomic E-state index is 4.65. The van der Waals surface area contributed by atoms with Crippen LogP contribution in [0.15, 0.2) is 54.6 Å². The van der Waals surface area contributed by atoms with Crippen molar-refractivity contribution in [3.63, 3.8) is 0 Å². The van der Waals surface area contributed by atoms with E-state index in [1.54, 1.807) is 0 Å². The molecule has 4 rings (SSSR count). The van der Waals surface area contributed by atoms with Gasteiger partial charge in [0.2, 0.25) is 0 Å². The number of nitrogens with one attached hydrogen (secondary N) is 2. The lowest BCUT2D eigenvalue weighted by atomic mass is 9.96. The van der Waals surface area contributed by atoms with Gasteiger partial charge in [-0.3, -0.25) is 5.10 Å². The number of hydrogen-bond acceptors (Lipinski definition) is 3. The smallest absolute Gasteiger partial charge is 0.181 e. The first kappa shape index (κ1) is 12.3. The predicted molar refractivity (Wildman–Crippen MR) is 81.5 cm³/mol. The van der Waals surface area contributed by atoms with E-state index in [2.05, 4.69) is 44.8 Å². The molecular weight excluding hydrogens is 260 g/mol. The molecule has 1 aliphatic heterocycles. The Morgan fingerprint density at radius 2 is 1.67 bits per heavy atom. The van der Waals surface area contributed by atoms with E-state index in [1.807, 2.05) is 30.3 Å². The average Bonchev–Trinajstić information content (AvgIpc) is 3.05. The van der Waals surface area contributed by atoms with Crippen LogP contribution in [0.5, 0.6) is 0 Å². The van der Waals surface area contributed by atoms with Gasteiger partial charge in [0.25, 0.3) is 0 Å². The zero-order valence-electron chi connectivity index (χ0n) is 11.6. The molecule has 3 aromatic rings. The van der Waals surface area contributed by atoms with E-state index in [9.17, 15) is 0 Å². The molecule has 0 saturated heterocycles. The molecule has 1 aliphatic rings. The normalized spacial score (nSPS) is 17.4. The molecule has 0 spiro atoms. The van der Waals surface area contributed by atoms with Gasteiger partial charge in [-0.2, -0.15) is 5.10 Å². The van der Waals surface area contributed by atoms with Crippen molar-refractivity contribution < 1.29 is 0 Å². The van der Waals surface area contributed by atoms with Gasteiger partial charge in [-0.1, -0.05) is 54.6 Å². The Hall–Kier alpha value is -2.46. The largest absolute Gasteiger partial charge is 0.303 e. The van der Waals surface area contributed by atoms with E-state index in [0.29, 0.717) is 0 Å². The second-order valence-electron chi connectivity index (χ2n) is 5.32. The summed E-state index contributed by atoms with van der Waals surface area (Å²) in [7, 11) is 0. The zero-order chi connectivity index (χ0) is 14.1. The molecule has 1 unspecified atom stereocenters. The Morgan fingerprint density at radius 3 is 2.52 bits per heavy atom. The quantitative estimate of drug-likeness (QED) is 0.756. The third-order valence-electron chi connectivity index (χ3n) is 3.95. The lowest BCUT2D eigenvalue weighted by molar-refractivity contribution is 0.478. The first-order chi connectivity index (χ1) is 10.4. The van der Waals surface area contributed by atoms with Crippen LogP contribution in [-0.2, 0) is 13.0 Å². The molecular formula is C17H16N4. The molecule has 4 heteroatoms. The molecule has 2 N–H and O–H groups in total. The van der Waals surface area contributed by atoms with Gasteiger partial charge in [-0.05, 0) is 17.5 Å². The third kappa shape index (κ3) is 2.34. The van der Waals surface area contributed by atoms with Crippen LogP contribution < -0.4 is 5.32 Å². The highest BCUT2D eigenvalue weighted by molar-refractivity contribution is 5.54. The second kappa shape index (κ2) is 5.14. The standard InChI is InChI=1S/C17H16N4/c1-2-6-12(7-3-1)16-19-17(21-20-16)15-10-13-8-4-5-9-14(13)11-18-15/h1-9,15,18H,10-11H2,(H,19,20,21). The Labute approximate surface area is 123 Å². The number of hydrogen-bond donors (Lipinski definition) is 2. The Kier molecular flexibility index (Phi) is 3.01. The van der Waals surface area contributed by atoms with Crippen molar-refractivity contribution in [2.75, 3.05) is 0 Å². The number of rotatable bonds is 2. The van der Waals surface area contributed by atoms with E-state index in [1.165, 1.54) is 11.1 Å². The molecule has 104 valence electrons. The SMILES string of the molecule is c1ccc(-c2n[nH]c(C3Cc4ccccc4CN3)n2)cc1. The van der Waals surface area contributed by atoms with Crippen molar-refractivity contribution in [1.82, 2.24) is 20.5 Å². The van der Waals surface area contributed by atoms with E-state index < -0.39 is 0 Å². The number of H-pyrrole nitrogens is 1. The van der Waals surface area contributed by atoms with Crippen LogP contribution in [0.3, 0.4) is 0 Å². The zero-order valence-corrected chi connectivity index (χ0v) is 11.6. The summed E-state index contributed by atoms with van der Waals surface area (Å²) in [6, 6.07) is 18.8. The Morgan fingerprint density at radius 1 is 0.905 bits per heavy atom. The summed E-state index contributed by atoms with van der Waals surface area (Å²) in [5.74, 6) is 1.66. The summed E-state index contributed by atoms with van der Waals surface area (Å²) in [6.45, 7) is 0.877. The van der Waals surface area contributed by atoms with Crippen molar-refractivity contribution in [3.05, 3.63) is 71.5 Å². The maximum Gasteiger partial charge on any atom is 0.181 e. The van der Waals surface area contributed by atoms with Crippen LogP contribution in [0.1, 0.15) is 23.0 Å². The molecule has 0 radical (unpaired) electrons. The number of aromatic amines is 1. The van der Waals surface area contributed by atoms with Crippen LogP contribution in [0.2, 0.25) is 0 Å². The fourth-order valence-corrected chi connectivity index (χ4v) is 2.79. The van der Waals surface area contributed by atoms with Crippen LogP contribution in [-0.4, -0.2) is 15.2 Å². The number of fused-ring (bicyclic) bond motifs is 1. The molecule has 0 amide bonds. The number of benzene rings is 2. The van der Waals surface area contributed by atoms with Crippen molar-refractivity contribution in [3.8, 4) is 11.4 Å². The van der Waals surface area contributed by atoms with Gasteiger partial charge in [-0.25, -0.2) is 4.98 Å². The summed E-state index contributed by atoms with van der Waals surface area (Å²) in [6.07, 6.45) is 0.944. The van der Waals surface area contributed by atoms with Crippen molar-refractivity contribution >= 4 is 0 Å². The first-order valence-electron chi connectivity index (χ1n) is 7.18. The first-order valence-corrected chi connectivity index (χ1v) is 7.18. The minimum absolute atomic E-state index is 0.199. The number of nitrogens with zero attached hydrogens (tertiary/aromatic N) is 2. The summed E-state index contributed by atoms with van der Waals surface area (Å²) in [5.41, 5.74) is 3.80. The molecule has 0 bridgehead atoms. The van der Waals surface area contributed by atoms with Gasteiger partial charge in [-0.15, -0.1) is 0 Å². The molecule has 21 heavy (non-hydrogen) atoms. The molecule has 1 aromatic heterocycles. The molecule has 0 fully saturated rings. The Bertz CT molecular complexity index is 748. The maximum atomic E-state index is 4.65. The summed E-state index contributed by atoms with van der Waals surface area (Å²) >= 11 is 0. The third-order valence-corrected chi connectivity index (χ3v) is 3.95. The fourth-order valence-electron chi connectivity index (χ4n) is 2.79. The molecule has 1 atom stereocenters. The second-order valence-corrected chi connectivity index (χ2v) is 5.32. The van der Waals surface area contributed by atoms with Crippen molar-refractivity contribution in [2.24, 2.45) is 0 Å². The fraction of sp³-hybridized carbons (Fsp3) is 0.176. The minimum Gasteiger partial charge on any atom is -0.303 e. The summed E-state index contributed by atoms with van der Waals surface area (Å²) in [4.78, 5) is 4.65. The summed E-state index contributed by atoms with van der Waals surface area (Å²) in [5, 5.41) is 10.9.